The van der Waals surface area contributed by atoms with E-state index in [0.29, 0.717) is 30.0 Å². The molecular weight excluding hydrogens is 487 g/mol. The van der Waals surface area contributed by atoms with Crippen LogP contribution in [-0.2, 0) is 17.7 Å². The molecule has 0 aliphatic heterocycles. The first-order valence-corrected chi connectivity index (χ1v) is 12.2. The molecular formula is C24H29FN6O4S. The van der Waals surface area contributed by atoms with Crippen molar-refractivity contribution in [1.82, 2.24) is 19.7 Å². The Bertz CT molecular complexity index is 1280. The Morgan fingerprint density at radius 3 is 2.61 bits per heavy atom. The zero-order valence-electron chi connectivity index (χ0n) is 20.9. The summed E-state index contributed by atoms with van der Waals surface area (Å²) in [7, 11) is 1.65. The SMILES string of the molecule is Cc1ccc(N(C)C(=O)c2nnc(CCCCn3ccc(NC(=O)OC(C)(C)C)c(F)c3=O)s2)cn1. The molecule has 0 atom stereocenters. The molecule has 0 saturated carbocycles. The Kier molecular flexibility index (Phi) is 8.51. The molecule has 0 bridgehead atoms. The van der Waals surface area contributed by atoms with Gasteiger partial charge in [0.2, 0.25) is 10.8 Å². The van der Waals surface area contributed by atoms with Crippen molar-refractivity contribution in [3.8, 4) is 0 Å². The molecule has 0 aliphatic rings. The van der Waals surface area contributed by atoms with Gasteiger partial charge in [-0.3, -0.25) is 19.9 Å². The third kappa shape index (κ3) is 7.17. The second-order valence-electron chi connectivity index (χ2n) is 9.15. The highest BCUT2D eigenvalue weighted by atomic mass is 32.1. The molecule has 0 aliphatic carbocycles. The van der Waals surface area contributed by atoms with E-state index in [2.05, 4.69) is 20.5 Å². The van der Waals surface area contributed by atoms with E-state index >= 15 is 0 Å². The number of amides is 2. The fraction of sp³-hybridized carbons (Fsp3) is 0.417. The highest BCUT2D eigenvalue weighted by molar-refractivity contribution is 7.13. The molecule has 3 heterocycles. The van der Waals surface area contributed by atoms with Crippen molar-refractivity contribution in [2.75, 3.05) is 17.3 Å². The van der Waals surface area contributed by atoms with Crippen LogP contribution in [0.15, 0.2) is 35.4 Å². The first kappa shape index (κ1) is 26.9. The van der Waals surface area contributed by atoms with Crippen LogP contribution >= 0.6 is 11.3 Å². The van der Waals surface area contributed by atoms with Gasteiger partial charge in [0, 0.05) is 31.9 Å². The Labute approximate surface area is 212 Å². The summed E-state index contributed by atoms with van der Waals surface area (Å²) in [6, 6.07) is 4.96. The van der Waals surface area contributed by atoms with E-state index < -0.39 is 23.1 Å². The standard InChI is InChI=1S/C24H29FN6O4S/c1-15-9-10-16(14-26-15)30(5)22(33)20-29-28-18(36-20)8-6-7-12-31-13-11-17(19(25)21(31)32)27-23(34)35-24(2,3)4/h9-11,13-14H,6-8,12H2,1-5H3,(H,27,34). The number of hydrogen-bond acceptors (Lipinski definition) is 8. The summed E-state index contributed by atoms with van der Waals surface area (Å²) in [5.41, 5.74) is -0.294. The van der Waals surface area contributed by atoms with Crippen LogP contribution in [0.1, 0.15) is 54.1 Å². The lowest BCUT2D eigenvalue weighted by atomic mass is 10.2. The number of halogens is 1. The van der Waals surface area contributed by atoms with Crippen LogP contribution in [0.2, 0.25) is 0 Å². The van der Waals surface area contributed by atoms with E-state index in [9.17, 15) is 18.8 Å². The molecule has 0 aromatic carbocycles. The molecule has 10 nitrogen and oxygen atoms in total. The van der Waals surface area contributed by atoms with Crippen molar-refractivity contribution in [2.45, 2.75) is 59.1 Å². The number of rotatable bonds is 8. The minimum Gasteiger partial charge on any atom is -0.444 e. The lowest BCUT2D eigenvalue weighted by molar-refractivity contribution is 0.0635. The number of anilines is 2. The van der Waals surface area contributed by atoms with Crippen molar-refractivity contribution in [3.05, 3.63) is 62.5 Å². The highest BCUT2D eigenvalue weighted by Gasteiger charge is 2.20. The van der Waals surface area contributed by atoms with Gasteiger partial charge in [-0.05, 0) is 58.7 Å². The number of hydrogen-bond donors (Lipinski definition) is 1. The number of aromatic nitrogens is 4. The Morgan fingerprint density at radius 2 is 1.94 bits per heavy atom. The van der Waals surface area contributed by atoms with E-state index in [1.165, 1.54) is 33.1 Å². The monoisotopic (exact) mass is 516 g/mol. The van der Waals surface area contributed by atoms with Crippen molar-refractivity contribution >= 4 is 34.7 Å². The van der Waals surface area contributed by atoms with Gasteiger partial charge in [-0.1, -0.05) is 11.3 Å². The quantitative estimate of drug-likeness (QED) is 0.446. The number of nitrogens with zero attached hydrogens (tertiary/aromatic N) is 5. The highest BCUT2D eigenvalue weighted by Crippen LogP contribution is 2.19. The van der Waals surface area contributed by atoms with Crippen LogP contribution in [0.4, 0.5) is 20.6 Å². The van der Waals surface area contributed by atoms with Gasteiger partial charge in [0.05, 0.1) is 17.6 Å². The fourth-order valence-corrected chi connectivity index (χ4v) is 4.01. The maximum atomic E-state index is 14.5. The third-order valence-corrected chi connectivity index (χ3v) is 5.99. The smallest absolute Gasteiger partial charge is 0.412 e. The summed E-state index contributed by atoms with van der Waals surface area (Å²) in [4.78, 5) is 42.5. The summed E-state index contributed by atoms with van der Waals surface area (Å²) in [5, 5.41) is 11.3. The lowest BCUT2D eigenvalue weighted by Crippen LogP contribution is -2.29. The van der Waals surface area contributed by atoms with Gasteiger partial charge in [-0.2, -0.15) is 4.39 Å². The third-order valence-electron chi connectivity index (χ3n) is 5.02. The van der Waals surface area contributed by atoms with Crippen molar-refractivity contribution in [3.63, 3.8) is 0 Å². The Morgan fingerprint density at radius 1 is 1.19 bits per heavy atom. The molecule has 192 valence electrons. The Hall–Kier alpha value is -3.67. The summed E-state index contributed by atoms with van der Waals surface area (Å²) in [6.45, 7) is 7.21. The van der Waals surface area contributed by atoms with Crippen LogP contribution in [0, 0.1) is 12.7 Å². The molecule has 1 N–H and O–H groups in total. The van der Waals surface area contributed by atoms with Gasteiger partial charge in [-0.15, -0.1) is 10.2 Å². The second kappa shape index (κ2) is 11.4. The normalized spacial score (nSPS) is 11.3. The summed E-state index contributed by atoms with van der Waals surface area (Å²) < 4.78 is 20.8. The lowest BCUT2D eigenvalue weighted by Gasteiger charge is -2.19. The summed E-state index contributed by atoms with van der Waals surface area (Å²) in [5.74, 6) is -1.32. The van der Waals surface area contributed by atoms with Crippen molar-refractivity contribution < 1.29 is 18.7 Å². The molecule has 3 rings (SSSR count). The maximum absolute atomic E-state index is 14.5. The number of carbonyl (C=O) groups is 2. The molecule has 0 radical (unpaired) electrons. The van der Waals surface area contributed by atoms with Crippen molar-refractivity contribution in [2.24, 2.45) is 0 Å². The molecule has 36 heavy (non-hydrogen) atoms. The van der Waals surface area contributed by atoms with E-state index in [1.54, 1.807) is 34.0 Å². The predicted octanol–water partition coefficient (Wildman–Crippen LogP) is 4.19. The number of nitrogens with one attached hydrogen (secondary N) is 1. The van der Waals surface area contributed by atoms with E-state index in [-0.39, 0.29) is 23.1 Å². The van der Waals surface area contributed by atoms with Crippen LogP contribution in [0.5, 0.6) is 0 Å². The van der Waals surface area contributed by atoms with Gasteiger partial charge in [0.25, 0.3) is 11.5 Å². The number of ether oxygens (including phenoxy) is 1. The van der Waals surface area contributed by atoms with Crippen LogP contribution in [0.3, 0.4) is 0 Å². The first-order chi connectivity index (χ1) is 16.9. The fourth-order valence-electron chi connectivity index (χ4n) is 3.15. The van der Waals surface area contributed by atoms with Crippen LogP contribution in [-0.4, -0.2) is 44.4 Å². The topological polar surface area (TPSA) is 119 Å². The molecule has 2 amide bonds. The van der Waals surface area contributed by atoms with E-state index in [1.807, 2.05) is 19.1 Å². The Balaban J connectivity index is 1.51. The molecule has 0 spiro atoms. The van der Waals surface area contributed by atoms with Gasteiger partial charge in [0.15, 0.2) is 0 Å². The van der Waals surface area contributed by atoms with Gasteiger partial charge >= 0.3 is 6.09 Å². The van der Waals surface area contributed by atoms with Crippen LogP contribution in [0.25, 0.3) is 0 Å². The number of pyridine rings is 2. The molecule has 0 fully saturated rings. The van der Waals surface area contributed by atoms with E-state index in [4.69, 9.17) is 4.74 Å². The van der Waals surface area contributed by atoms with Gasteiger partial charge in [0.1, 0.15) is 10.6 Å². The van der Waals surface area contributed by atoms with E-state index in [0.717, 1.165) is 5.69 Å². The number of unbranched alkanes of at least 4 members (excludes halogenated alkanes) is 1. The minimum absolute atomic E-state index is 0.233. The maximum Gasteiger partial charge on any atom is 0.412 e. The first-order valence-electron chi connectivity index (χ1n) is 11.4. The minimum atomic E-state index is -1.05. The molecule has 0 unspecified atom stereocenters. The average Bonchev–Trinajstić information content (AvgIpc) is 3.28. The number of aryl methyl sites for hydroxylation is 3. The summed E-state index contributed by atoms with van der Waals surface area (Å²) in [6.07, 6.45) is 4.02. The molecule has 3 aromatic heterocycles. The molecule has 0 saturated heterocycles. The predicted molar refractivity (Wildman–Crippen MR) is 135 cm³/mol. The zero-order chi connectivity index (χ0) is 26.5. The number of carbonyl (C=O) groups excluding carboxylic acids is 2. The average molecular weight is 517 g/mol. The van der Waals surface area contributed by atoms with Crippen molar-refractivity contribution in [1.29, 1.82) is 0 Å². The van der Waals surface area contributed by atoms with Gasteiger partial charge < -0.3 is 14.2 Å². The molecule has 3 aromatic rings. The zero-order valence-corrected chi connectivity index (χ0v) is 21.7. The summed E-state index contributed by atoms with van der Waals surface area (Å²) >= 11 is 1.22. The van der Waals surface area contributed by atoms with Gasteiger partial charge in [-0.25, -0.2) is 4.79 Å². The second-order valence-corrected chi connectivity index (χ2v) is 10.2. The van der Waals surface area contributed by atoms with Crippen LogP contribution < -0.4 is 15.8 Å². The molecule has 12 heteroatoms. The largest absolute Gasteiger partial charge is 0.444 e.